The number of hydrogen-bond donors (Lipinski definition) is 1. The van der Waals surface area contributed by atoms with Gasteiger partial charge < -0.3 is 15.0 Å². The molecule has 32 heavy (non-hydrogen) atoms. The van der Waals surface area contributed by atoms with Gasteiger partial charge in [-0.1, -0.05) is 68.1 Å². The lowest BCUT2D eigenvalue weighted by Gasteiger charge is -2.33. The highest BCUT2D eigenvalue weighted by molar-refractivity contribution is 5.88. The summed E-state index contributed by atoms with van der Waals surface area (Å²) in [4.78, 5) is 28.5. The summed E-state index contributed by atoms with van der Waals surface area (Å²) < 4.78 is 5.22. The Kier molecular flexibility index (Phi) is 8.72. The Morgan fingerprint density at radius 2 is 1.78 bits per heavy atom. The number of nitrogens with zero attached hydrogens (tertiary/aromatic N) is 1. The molecule has 0 radical (unpaired) electrons. The van der Waals surface area contributed by atoms with Gasteiger partial charge in [0.15, 0.2) is 0 Å². The molecule has 1 N–H and O–H groups in total. The lowest BCUT2D eigenvalue weighted by Crippen LogP contribution is -2.51. The highest BCUT2D eigenvalue weighted by Crippen LogP contribution is 2.20. The Hall–Kier alpha value is -2.82. The number of ether oxygens (including phenoxy) is 1. The minimum atomic E-state index is -0.483. The highest BCUT2D eigenvalue weighted by atomic mass is 16.5. The van der Waals surface area contributed by atoms with Gasteiger partial charge in [-0.2, -0.15) is 0 Å². The van der Waals surface area contributed by atoms with Crippen molar-refractivity contribution in [1.82, 2.24) is 10.2 Å². The summed E-state index contributed by atoms with van der Waals surface area (Å²) in [6.45, 7) is 4.45. The van der Waals surface area contributed by atoms with Crippen LogP contribution in [-0.4, -0.2) is 35.9 Å². The van der Waals surface area contributed by atoms with Crippen LogP contribution >= 0.6 is 0 Å². The summed E-state index contributed by atoms with van der Waals surface area (Å²) in [5.74, 6) is 0.688. The quantitative estimate of drug-likeness (QED) is 0.614. The van der Waals surface area contributed by atoms with E-state index in [1.165, 1.54) is 6.42 Å². The predicted molar refractivity (Wildman–Crippen MR) is 128 cm³/mol. The number of carbonyl (C=O) groups is 2. The standard InChI is InChI=1S/C27H36N2O3/c1-4-25(27(31)28-23-11-6-5-7-12-23)29(19-22-10-8-9-20(2)17-22)26(30)18-21-13-15-24(32-3)16-14-21/h8-10,13-17,23,25H,4-7,11-12,18-19H2,1-3H3,(H,28,31)/t25-/m1/s1. The average molecular weight is 437 g/mol. The molecular formula is C27H36N2O3. The molecule has 2 aromatic carbocycles. The minimum Gasteiger partial charge on any atom is -0.497 e. The molecule has 1 fully saturated rings. The Morgan fingerprint density at radius 3 is 2.41 bits per heavy atom. The van der Waals surface area contributed by atoms with Crippen molar-refractivity contribution in [3.05, 3.63) is 65.2 Å². The van der Waals surface area contributed by atoms with Gasteiger partial charge in [-0.3, -0.25) is 9.59 Å². The molecule has 0 aliphatic heterocycles. The number of carbonyl (C=O) groups excluding carboxylic acids is 2. The van der Waals surface area contributed by atoms with E-state index < -0.39 is 6.04 Å². The number of aryl methyl sites for hydroxylation is 1. The van der Waals surface area contributed by atoms with Crippen LogP contribution in [0.2, 0.25) is 0 Å². The topological polar surface area (TPSA) is 58.6 Å². The maximum Gasteiger partial charge on any atom is 0.243 e. The fraction of sp³-hybridized carbons (Fsp3) is 0.481. The second kappa shape index (κ2) is 11.7. The van der Waals surface area contributed by atoms with E-state index in [0.717, 1.165) is 48.1 Å². The third-order valence-corrected chi connectivity index (χ3v) is 6.29. The van der Waals surface area contributed by atoms with E-state index >= 15 is 0 Å². The lowest BCUT2D eigenvalue weighted by molar-refractivity contribution is -0.141. The average Bonchev–Trinajstić information content (AvgIpc) is 2.80. The molecule has 1 aliphatic rings. The van der Waals surface area contributed by atoms with E-state index in [2.05, 4.69) is 11.4 Å². The molecule has 1 saturated carbocycles. The monoisotopic (exact) mass is 436 g/mol. The zero-order valence-electron chi connectivity index (χ0n) is 19.6. The van der Waals surface area contributed by atoms with Crippen LogP contribution in [0.25, 0.3) is 0 Å². The van der Waals surface area contributed by atoms with Crippen molar-refractivity contribution >= 4 is 11.8 Å². The molecule has 5 nitrogen and oxygen atoms in total. The second-order valence-electron chi connectivity index (χ2n) is 8.80. The van der Waals surface area contributed by atoms with Gasteiger partial charge >= 0.3 is 0 Å². The number of methoxy groups -OCH3 is 1. The van der Waals surface area contributed by atoms with Gasteiger partial charge in [0, 0.05) is 12.6 Å². The van der Waals surface area contributed by atoms with E-state index in [9.17, 15) is 9.59 Å². The molecule has 2 aromatic rings. The molecule has 0 aromatic heterocycles. The van der Waals surface area contributed by atoms with Gasteiger partial charge in [0.1, 0.15) is 11.8 Å². The van der Waals surface area contributed by atoms with Crippen LogP contribution in [0.5, 0.6) is 5.75 Å². The Balaban J connectivity index is 1.79. The first-order valence-electron chi connectivity index (χ1n) is 11.8. The molecule has 0 unspecified atom stereocenters. The van der Waals surface area contributed by atoms with Crippen molar-refractivity contribution in [2.24, 2.45) is 0 Å². The Morgan fingerprint density at radius 1 is 1.06 bits per heavy atom. The third-order valence-electron chi connectivity index (χ3n) is 6.29. The molecule has 172 valence electrons. The highest BCUT2D eigenvalue weighted by Gasteiger charge is 2.30. The molecule has 2 amide bonds. The van der Waals surface area contributed by atoms with Gasteiger partial charge in [0.2, 0.25) is 11.8 Å². The summed E-state index contributed by atoms with van der Waals surface area (Å²) in [6.07, 6.45) is 6.45. The van der Waals surface area contributed by atoms with Crippen molar-refractivity contribution in [2.45, 2.75) is 77.4 Å². The third kappa shape index (κ3) is 6.59. The molecule has 3 rings (SSSR count). The summed E-state index contributed by atoms with van der Waals surface area (Å²) in [5, 5.41) is 3.23. The van der Waals surface area contributed by atoms with Crippen molar-refractivity contribution in [1.29, 1.82) is 0 Å². The largest absolute Gasteiger partial charge is 0.497 e. The van der Waals surface area contributed by atoms with E-state index in [1.807, 2.05) is 56.3 Å². The summed E-state index contributed by atoms with van der Waals surface area (Å²) in [5.41, 5.74) is 3.09. The Bertz CT molecular complexity index is 888. The molecule has 0 saturated heterocycles. The number of nitrogens with one attached hydrogen (secondary N) is 1. The fourth-order valence-corrected chi connectivity index (χ4v) is 4.49. The van der Waals surface area contributed by atoms with Crippen LogP contribution in [0, 0.1) is 6.92 Å². The van der Waals surface area contributed by atoms with Crippen molar-refractivity contribution in [3.63, 3.8) is 0 Å². The maximum atomic E-state index is 13.5. The number of rotatable bonds is 9. The van der Waals surface area contributed by atoms with E-state index in [0.29, 0.717) is 13.0 Å². The van der Waals surface area contributed by atoms with Gasteiger partial charge in [-0.15, -0.1) is 0 Å². The molecule has 0 spiro atoms. The number of amides is 2. The van der Waals surface area contributed by atoms with Gasteiger partial charge in [-0.05, 0) is 49.4 Å². The predicted octanol–water partition coefficient (Wildman–Crippen LogP) is 4.80. The minimum absolute atomic E-state index is 0.0323. The van der Waals surface area contributed by atoms with E-state index in [1.54, 1.807) is 12.0 Å². The molecular weight excluding hydrogens is 400 g/mol. The molecule has 1 aliphatic carbocycles. The number of hydrogen-bond acceptors (Lipinski definition) is 3. The molecule has 1 atom stereocenters. The number of benzene rings is 2. The first-order chi connectivity index (χ1) is 15.5. The molecule has 0 bridgehead atoms. The Labute approximate surface area is 192 Å². The van der Waals surface area contributed by atoms with E-state index in [-0.39, 0.29) is 24.3 Å². The first kappa shape index (κ1) is 23.8. The van der Waals surface area contributed by atoms with Gasteiger partial charge in [0.25, 0.3) is 0 Å². The van der Waals surface area contributed by atoms with Crippen LogP contribution in [0.4, 0.5) is 0 Å². The zero-order valence-corrected chi connectivity index (χ0v) is 19.6. The lowest BCUT2D eigenvalue weighted by atomic mass is 9.95. The van der Waals surface area contributed by atoms with Crippen LogP contribution in [0.1, 0.15) is 62.1 Å². The first-order valence-corrected chi connectivity index (χ1v) is 11.8. The summed E-state index contributed by atoms with van der Waals surface area (Å²) >= 11 is 0. The van der Waals surface area contributed by atoms with Crippen molar-refractivity contribution in [3.8, 4) is 5.75 Å². The van der Waals surface area contributed by atoms with Crippen LogP contribution in [-0.2, 0) is 22.6 Å². The van der Waals surface area contributed by atoms with Gasteiger partial charge in [-0.25, -0.2) is 0 Å². The summed E-state index contributed by atoms with van der Waals surface area (Å²) in [7, 11) is 1.63. The van der Waals surface area contributed by atoms with Crippen LogP contribution in [0.3, 0.4) is 0 Å². The molecule has 0 heterocycles. The molecule has 5 heteroatoms. The van der Waals surface area contributed by atoms with Crippen LogP contribution in [0.15, 0.2) is 48.5 Å². The smallest absolute Gasteiger partial charge is 0.243 e. The SMILES string of the molecule is CC[C@H](C(=O)NC1CCCCC1)N(Cc1cccc(C)c1)C(=O)Cc1ccc(OC)cc1. The van der Waals surface area contributed by atoms with E-state index in [4.69, 9.17) is 4.74 Å². The van der Waals surface area contributed by atoms with Crippen molar-refractivity contribution < 1.29 is 14.3 Å². The maximum absolute atomic E-state index is 13.5. The van der Waals surface area contributed by atoms with Gasteiger partial charge in [0.05, 0.1) is 13.5 Å². The summed E-state index contributed by atoms with van der Waals surface area (Å²) in [6, 6.07) is 15.4. The zero-order chi connectivity index (χ0) is 22.9. The normalized spacial score (nSPS) is 15.1. The fourth-order valence-electron chi connectivity index (χ4n) is 4.49. The van der Waals surface area contributed by atoms with Crippen LogP contribution < -0.4 is 10.1 Å². The van der Waals surface area contributed by atoms with Crippen molar-refractivity contribution in [2.75, 3.05) is 7.11 Å². The second-order valence-corrected chi connectivity index (χ2v) is 8.80.